The van der Waals surface area contributed by atoms with E-state index in [1.165, 1.54) is 16.6 Å². The van der Waals surface area contributed by atoms with E-state index >= 15 is 0 Å². The fourth-order valence-electron chi connectivity index (χ4n) is 1.73. The molecule has 0 radical (unpaired) electrons. The number of nitrogens with zero attached hydrogens (tertiary/aromatic N) is 1. The quantitative estimate of drug-likeness (QED) is 0.797. The Labute approximate surface area is 88.9 Å². The second-order valence-electron chi connectivity index (χ2n) is 3.70. The number of nitrogens with two attached hydrogens (primary N) is 1. The minimum atomic E-state index is -3.46. The Balaban J connectivity index is 2.22. The van der Waals surface area contributed by atoms with Crippen LogP contribution in [0.5, 0.6) is 0 Å². The van der Waals surface area contributed by atoms with Gasteiger partial charge in [-0.15, -0.1) is 0 Å². The fourth-order valence-corrected chi connectivity index (χ4v) is 3.17. The van der Waals surface area contributed by atoms with E-state index in [0.717, 1.165) is 12.8 Å². The lowest BCUT2D eigenvalue weighted by Gasteiger charge is -2.28. The molecule has 0 spiro atoms. The molecule has 1 aliphatic heterocycles. The maximum absolute atomic E-state index is 12.0. The van der Waals surface area contributed by atoms with Crippen molar-refractivity contribution in [3.05, 3.63) is 18.4 Å². The smallest absolute Gasteiger partial charge is 0.276 e. The van der Waals surface area contributed by atoms with Crippen LogP contribution in [0.25, 0.3) is 0 Å². The lowest BCUT2D eigenvalue weighted by atomic mass is 10.1. The number of hydrogen-bond acceptors (Lipinski definition) is 4. The number of hydrogen-bond donors (Lipinski definition) is 1. The highest BCUT2D eigenvalue weighted by atomic mass is 32.2. The molecule has 84 valence electrons. The summed E-state index contributed by atoms with van der Waals surface area (Å²) >= 11 is 0. The molecule has 0 amide bonds. The summed E-state index contributed by atoms with van der Waals surface area (Å²) in [7, 11) is -3.46. The predicted octanol–water partition coefficient (Wildman–Crippen LogP) is 0.391. The van der Waals surface area contributed by atoms with Crippen molar-refractivity contribution in [3.8, 4) is 0 Å². The van der Waals surface area contributed by atoms with Crippen molar-refractivity contribution in [2.24, 2.45) is 5.73 Å². The Bertz CT molecular complexity index is 413. The van der Waals surface area contributed by atoms with Crippen LogP contribution in [0.3, 0.4) is 0 Å². The molecule has 1 fully saturated rings. The van der Waals surface area contributed by atoms with Gasteiger partial charge >= 0.3 is 0 Å². The van der Waals surface area contributed by atoms with Gasteiger partial charge < -0.3 is 10.2 Å². The summed E-state index contributed by atoms with van der Waals surface area (Å²) in [6.45, 7) is 0.903. The third-order valence-corrected chi connectivity index (χ3v) is 4.26. The first kappa shape index (κ1) is 10.7. The van der Waals surface area contributed by atoms with E-state index in [1.54, 1.807) is 6.07 Å². The molecule has 0 saturated carbocycles. The predicted molar refractivity (Wildman–Crippen MR) is 54.7 cm³/mol. The maximum atomic E-state index is 12.0. The summed E-state index contributed by atoms with van der Waals surface area (Å²) in [4.78, 5) is 0. The normalized spacial score (nSPS) is 24.2. The summed E-state index contributed by atoms with van der Waals surface area (Å²) in [5.41, 5.74) is 5.74. The van der Waals surface area contributed by atoms with Crippen molar-refractivity contribution in [2.45, 2.75) is 24.0 Å². The summed E-state index contributed by atoms with van der Waals surface area (Å²) < 4.78 is 30.2. The zero-order chi connectivity index (χ0) is 10.9. The molecule has 2 rings (SSSR count). The van der Waals surface area contributed by atoms with Crippen LogP contribution in [0, 0.1) is 0 Å². The Morgan fingerprint density at radius 2 is 2.33 bits per heavy atom. The first-order chi connectivity index (χ1) is 7.10. The molecule has 1 aromatic heterocycles. The second kappa shape index (κ2) is 3.96. The molecule has 5 nitrogen and oxygen atoms in total. The van der Waals surface area contributed by atoms with Crippen LogP contribution >= 0.6 is 0 Å². The molecule has 1 aromatic rings. The molecular weight excluding hydrogens is 216 g/mol. The summed E-state index contributed by atoms with van der Waals surface area (Å²) in [6, 6.07) is 2.95. The van der Waals surface area contributed by atoms with E-state index in [0.29, 0.717) is 13.1 Å². The van der Waals surface area contributed by atoms with Crippen molar-refractivity contribution >= 4 is 10.0 Å². The van der Waals surface area contributed by atoms with Gasteiger partial charge in [0.2, 0.25) is 5.09 Å². The molecule has 1 saturated heterocycles. The molecule has 6 heteroatoms. The monoisotopic (exact) mass is 230 g/mol. The van der Waals surface area contributed by atoms with E-state index in [-0.39, 0.29) is 11.1 Å². The van der Waals surface area contributed by atoms with Crippen molar-refractivity contribution in [3.63, 3.8) is 0 Å². The molecule has 1 aliphatic rings. The van der Waals surface area contributed by atoms with Crippen LogP contribution < -0.4 is 5.73 Å². The fraction of sp³-hybridized carbons (Fsp3) is 0.556. The Morgan fingerprint density at radius 3 is 2.93 bits per heavy atom. The Kier molecular flexibility index (Phi) is 2.81. The minimum absolute atomic E-state index is 0.00315. The standard InChI is InChI=1S/C9H14N2O3S/c10-8-3-1-5-11(7-8)15(12,13)9-4-2-6-14-9/h2,4,6,8H,1,3,5,7,10H2/t8-/m1/s1. The van der Waals surface area contributed by atoms with E-state index in [1.807, 2.05) is 0 Å². The number of furan rings is 1. The van der Waals surface area contributed by atoms with E-state index in [4.69, 9.17) is 10.2 Å². The highest BCUT2D eigenvalue weighted by molar-refractivity contribution is 7.89. The number of rotatable bonds is 2. The molecule has 2 heterocycles. The summed E-state index contributed by atoms with van der Waals surface area (Å²) in [6.07, 6.45) is 3.04. The van der Waals surface area contributed by atoms with Crippen molar-refractivity contribution in [2.75, 3.05) is 13.1 Å². The molecule has 2 N–H and O–H groups in total. The summed E-state index contributed by atoms with van der Waals surface area (Å²) in [5.74, 6) is 0. The van der Waals surface area contributed by atoms with Crippen LogP contribution in [-0.2, 0) is 10.0 Å². The maximum Gasteiger partial charge on any atom is 0.276 e. The van der Waals surface area contributed by atoms with Gasteiger partial charge in [-0.3, -0.25) is 0 Å². The van der Waals surface area contributed by atoms with Crippen molar-refractivity contribution < 1.29 is 12.8 Å². The van der Waals surface area contributed by atoms with E-state index in [2.05, 4.69) is 0 Å². The molecule has 0 aromatic carbocycles. The third-order valence-electron chi connectivity index (χ3n) is 2.51. The van der Waals surface area contributed by atoms with Gasteiger partial charge in [0.25, 0.3) is 10.0 Å². The van der Waals surface area contributed by atoms with Gasteiger partial charge in [0.1, 0.15) is 0 Å². The lowest BCUT2D eigenvalue weighted by molar-refractivity contribution is 0.306. The van der Waals surface area contributed by atoms with Gasteiger partial charge in [0.15, 0.2) is 0 Å². The first-order valence-electron chi connectivity index (χ1n) is 4.90. The van der Waals surface area contributed by atoms with Crippen LogP contribution in [0.15, 0.2) is 27.9 Å². The van der Waals surface area contributed by atoms with Crippen LogP contribution in [0.1, 0.15) is 12.8 Å². The molecule has 1 atom stereocenters. The topological polar surface area (TPSA) is 76.5 Å². The van der Waals surface area contributed by atoms with Crippen molar-refractivity contribution in [1.82, 2.24) is 4.31 Å². The summed E-state index contributed by atoms with van der Waals surface area (Å²) in [5, 5.41) is -0.00315. The zero-order valence-corrected chi connectivity index (χ0v) is 9.11. The van der Waals surface area contributed by atoms with Crippen LogP contribution in [-0.4, -0.2) is 31.9 Å². The van der Waals surface area contributed by atoms with Crippen LogP contribution in [0.2, 0.25) is 0 Å². The minimum Gasteiger partial charge on any atom is -0.452 e. The zero-order valence-electron chi connectivity index (χ0n) is 8.30. The molecule has 0 unspecified atom stereocenters. The molecule has 0 bridgehead atoms. The van der Waals surface area contributed by atoms with E-state index < -0.39 is 10.0 Å². The molecule has 15 heavy (non-hydrogen) atoms. The Hall–Kier alpha value is -0.850. The third kappa shape index (κ3) is 2.06. The number of sulfonamides is 1. The average molecular weight is 230 g/mol. The van der Waals surface area contributed by atoms with Crippen LogP contribution in [0.4, 0.5) is 0 Å². The van der Waals surface area contributed by atoms with Gasteiger partial charge in [-0.1, -0.05) is 0 Å². The van der Waals surface area contributed by atoms with Gasteiger partial charge in [0.05, 0.1) is 6.26 Å². The highest BCUT2D eigenvalue weighted by Crippen LogP contribution is 2.20. The lowest BCUT2D eigenvalue weighted by Crippen LogP contribution is -2.45. The number of piperidine rings is 1. The van der Waals surface area contributed by atoms with Gasteiger partial charge in [-0.05, 0) is 25.0 Å². The second-order valence-corrected chi connectivity index (χ2v) is 5.57. The van der Waals surface area contributed by atoms with Gasteiger partial charge in [-0.2, -0.15) is 4.31 Å². The highest BCUT2D eigenvalue weighted by Gasteiger charge is 2.30. The largest absolute Gasteiger partial charge is 0.452 e. The SMILES string of the molecule is N[C@@H]1CCCN(S(=O)(=O)c2ccco2)C1. The first-order valence-corrected chi connectivity index (χ1v) is 6.34. The van der Waals surface area contributed by atoms with Gasteiger partial charge in [0, 0.05) is 19.1 Å². The van der Waals surface area contributed by atoms with E-state index in [9.17, 15) is 8.42 Å². The average Bonchev–Trinajstić information content (AvgIpc) is 2.71. The van der Waals surface area contributed by atoms with Crippen molar-refractivity contribution in [1.29, 1.82) is 0 Å². The van der Waals surface area contributed by atoms with Gasteiger partial charge in [-0.25, -0.2) is 8.42 Å². The molecule has 0 aliphatic carbocycles. The Morgan fingerprint density at radius 1 is 1.53 bits per heavy atom. The molecular formula is C9H14N2O3S.